The topological polar surface area (TPSA) is 32.3 Å². The normalized spacial score (nSPS) is 17.3. The molecule has 23 heavy (non-hydrogen) atoms. The molecule has 0 bridgehead atoms. The number of aryl methyl sites for hydroxylation is 3. The van der Waals surface area contributed by atoms with Crippen LogP contribution < -0.4 is 10.2 Å². The Hall–Kier alpha value is -2.29. The molecule has 1 saturated heterocycles. The van der Waals surface area contributed by atoms with Gasteiger partial charge in [0.2, 0.25) is 5.91 Å². The molecule has 0 unspecified atom stereocenters. The van der Waals surface area contributed by atoms with E-state index in [-0.39, 0.29) is 11.9 Å². The average Bonchev–Trinajstić information content (AvgIpc) is 3.01. The molecule has 0 saturated carbocycles. The van der Waals surface area contributed by atoms with Crippen LogP contribution in [-0.4, -0.2) is 18.5 Å². The number of hydrogen-bond acceptors (Lipinski definition) is 2. The lowest BCUT2D eigenvalue weighted by Crippen LogP contribution is -2.40. The van der Waals surface area contributed by atoms with Crippen molar-refractivity contribution in [2.45, 2.75) is 39.7 Å². The van der Waals surface area contributed by atoms with Gasteiger partial charge in [0, 0.05) is 17.9 Å². The van der Waals surface area contributed by atoms with E-state index in [1.165, 1.54) is 5.56 Å². The van der Waals surface area contributed by atoms with Crippen molar-refractivity contribution in [3.8, 4) is 0 Å². The molecule has 2 aromatic rings. The van der Waals surface area contributed by atoms with Gasteiger partial charge in [-0.15, -0.1) is 0 Å². The number of para-hydroxylation sites is 1. The Bertz CT molecular complexity index is 686. The second-order valence-corrected chi connectivity index (χ2v) is 6.45. The lowest BCUT2D eigenvalue weighted by Gasteiger charge is -2.26. The zero-order valence-corrected chi connectivity index (χ0v) is 14.1. The lowest BCUT2D eigenvalue weighted by atomic mass is 10.0. The number of benzene rings is 2. The van der Waals surface area contributed by atoms with Crippen molar-refractivity contribution in [1.82, 2.24) is 0 Å². The van der Waals surface area contributed by atoms with Gasteiger partial charge in [-0.25, -0.2) is 0 Å². The van der Waals surface area contributed by atoms with Gasteiger partial charge in [0.15, 0.2) is 0 Å². The number of carbonyl (C=O) groups is 1. The van der Waals surface area contributed by atoms with E-state index in [9.17, 15) is 4.79 Å². The zero-order chi connectivity index (χ0) is 16.4. The Kier molecular flexibility index (Phi) is 4.37. The average molecular weight is 308 g/mol. The molecule has 3 rings (SSSR count). The third kappa shape index (κ3) is 3.24. The molecule has 1 heterocycles. The summed E-state index contributed by atoms with van der Waals surface area (Å²) >= 11 is 0. The molecular weight excluding hydrogens is 284 g/mol. The van der Waals surface area contributed by atoms with Crippen molar-refractivity contribution in [1.29, 1.82) is 0 Å². The summed E-state index contributed by atoms with van der Waals surface area (Å²) in [5, 5.41) is 3.17. The SMILES string of the molecule is Cc1cc(C)c(NC(=O)[C@@H]2CCCN2c2ccccc2)c(C)c1. The number of anilines is 2. The van der Waals surface area contributed by atoms with Crippen LogP contribution in [0.25, 0.3) is 0 Å². The minimum atomic E-state index is -0.0856. The highest BCUT2D eigenvalue weighted by Crippen LogP contribution is 2.28. The van der Waals surface area contributed by atoms with Gasteiger partial charge in [-0.1, -0.05) is 35.9 Å². The van der Waals surface area contributed by atoms with E-state index in [1.54, 1.807) is 0 Å². The number of nitrogens with one attached hydrogen (secondary N) is 1. The molecule has 1 N–H and O–H groups in total. The maximum atomic E-state index is 12.8. The summed E-state index contributed by atoms with van der Waals surface area (Å²) in [7, 11) is 0. The van der Waals surface area contributed by atoms with E-state index in [0.717, 1.165) is 41.9 Å². The second kappa shape index (κ2) is 6.45. The van der Waals surface area contributed by atoms with Crippen molar-refractivity contribution in [2.75, 3.05) is 16.8 Å². The Labute approximate surface area is 138 Å². The van der Waals surface area contributed by atoms with E-state index in [4.69, 9.17) is 0 Å². The van der Waals surface area contributed by atoms with Gasteiger partial charge in [0.05, 0.1) is 0 Å². The number of nitrogens with zero attached hydrogens (tertiary/aromatic N) is 1. The van der Waals surface area contributed by atoms with Gasteiger partial charge >= 0.3 is 0 Å². The molecule has 1 aliphatic heterocycles. The maximum Gasteiger partial charge on any atom is 0.247 e. The Morgan fingerprint density at radius 3 is 2.39 bits per heavy atom. The van der Waals surface area contributed by atoms with Crippen LogP contribution in [0.5, 0.6) is 0 Å². The number of carbonyl (C=O) groups excluding carboxylic acids is 1. The first-order valence-electron chi connectivity index (χ1n) is 8.26. The molecule has 120 valence electrons. The fraction of sp³-hybridized carbons (Fsp3) is 0.350. The van der Waals surface area contributed by atoms with Gasteiger partial charge in [-0.2, -0.15) is 0 Å². The molecule has 0 aromatic heterocycles. The minimum absolute atomic E-state index is 0.0856. The van der Waals surface area contributed by atoms with Crippen molar-refractivity contribution in [3.63, 3.8) is 0 Å². The summed E-state index contributed by atoms with van der Waals surface area (Å²) in [6, 6.07) is 14.4. The highest BCUT2D eigenvalue weighted by molar-refractivity contribution is 5.98. The van der Waals surface area contributed by atoms with Gasteiger partial charge in [-0.3, -0.25) is 4.79 Å². The van der Waals surface area contributed by atoms with Crippen molar-refractivity contribution >= 4 is 17.3 Å². The summed E-state index contributed by atoms with van der Waals surface area (Å²) in [6.45, 7) is 7.13. The predicted octanol–water partition coefficient (Wildman–Crippen LogP) is 4.22. The molecule has 1 atom stereocenters. The monoisotopic (exact) mass is 308 g/mol. The highest BCUT2D eigenvalue weighted by atomic mass is 16.2. The van der Waals surface area contributed by atoms with Crippen LogP contribution in [0.2, 0.25) is 0 Å². The Morgan fingerprint density at radius 2 is 1.74 bits per heavy atom. The van der Waals surface area contributed by atoms with Crippen LogP contribution in [0.1, 0.15) is 29.5 Å². The van der Waals surface area contributed by atoms with Crippen LogP contribution in [0, 0.1) is 20.8 Å². The Balaban J connectivity index is 1.81. The first-order chi connectivity index (χ1) is 11.1. The van der Waals surface area contributed by atoms with Gasteiger partial charge in [0.1, 0.15) is 6.04 Å². The summed E-state index contributed by atoms with van der Waals surface area (Å²) in [4.78, 5) is 15.1. The van der Waals surface area contributed by atoms with Gasteiger partial charge < -0.3 is 10.2 Å². The fourth-order valence-electron chi connectivity index (χ4n) is 3.55. The highest BCUT2D eigenvalue weighted by Gasteiger charge is 2.31. The molecule has 1 aliphatic rings. The van der Waals surface area contributed by atoms with Crippen molar-refractivity contribution < 1.29 is 4.79 Å². The van der Waals surface area contributed by atoms with Gasteiger partial charge in [0.25, 0.3) is 0 Å². The molecule has 0 aliphatic carbocycles. The molecular formula is C20H24N2O. The fourth-order valence-corrected chi connectivity index (χ4v) is 3.55. The van der Waals surface area contributed by atoms with E-state index >= 15 is 0 Å². The molecule has 0 spiro atoms. The second-order valence-electron chi connectivity index (χ2n) is 6.45. The number of hydrogen-bond donors (Lipinski definition) is 1. The molecule has 3 nitrogen and oxygen atoms in total. The largest absolute Gasteiger partial charge is 0.360 e. The van der Waals surface area contributed by atoms with E-state index in [2.05, 4.69) is 55.3 Å². The summed E-state index contributed by atoms with van der Waals surface area (Å²) in [6.07, 6.45) is 1.96. The summed E-state index contributed by atoms with van der Waals surface area (Å²) in [5.41, 5.74) is 5.56. The van der Waals surface area contributed by atoms with Gasteiger partial charge in [-0.05, 0) is 56.9 Å². The quantitative estimate of drug-likeness (QED) is 0.921. The number of amides is 1. The minimum Gasteiger partial charge on any atom is -0.360 e. The van der Waals surface area contributed by atoms with Crippen LogP contribution in [-0.2, 0) is 4.79 Å². The van der Waals surface area contributed by atoms with E-state index in [0.29, 0.717) is 0 Å². The first kappa shape index (κ1) is 15.6. The van der Waals surface area contributed by atoms with Crippen LogP contribution in [0.4, 0.5) is 11.4 Å². The van der Waals surface area contributed by atoms with Crippen LogP contribution in [0.3, 0.4) is 0 Å². The van der Waals surface area contributed by atoms with E-state index < -0.39 is 0 Å². The van der Waals surface area contributed by atoms with Crippen molar-refractivity contribution in [3.05, 3.63) is 59.2 Å². The molecule has 2 aromatic carbocycles. The third-order valence-electron chi connectivity index (χ3n) is 4.57. The van der Waals surface area contributed by atoms with Crippen molar-refractivity contribution in [2.24, 2.45) is 0 Å². The Morgan fingerprint density at radius 1 is 1.09 bits per heavy atom. The standard InChI is InChI=1S/C20H24N2O/c1-14-12-15(2)19(16(3)13-14)21-20(23)18-10-7-11-22(18)17-8-5-4-6-9-17/h4-6,8-9,12-13,18H,7,10-11H2,1-3H3,(H,21,23)/t18-/m0/s1. The number of rotatable bonds is 3. The lowest BCUT2D eigenvalue weighted by molar-refractivity contribution is -0.117. The molecule has 3 heteroatoms. The molecule has 1 fully saturated rings. The van der Waals surface area contributed by atoms with E-state index in [1.807, 2.05) is 18.2 Å². The molecule has 1 amide bonds. The maximum absolute atomic E-state index is 12.8. The van der Waals surface area contributed by atoms with Crippen LogP contribution in [0.15, 0.2) is 42.5 Å². The third-order valence-corrected chi connectivity index (χ3v) is 4.57. The smallest absolute Gasteiger partial charge is 0.247 e. The molecule has 0 radical (unpaired) electrons. The zero-order valence-electron chi connectivity index (χ0n) is 14.1. The predicted molar refractivity (Wildman–Crippen MR) is 96.1 cm³/mol. The first-order valence-corrected chi connectivity index (χ1v) is 8.26. The summed E-state index contributed by atoms with van der Waals surface area (Å²) in [5.74, 6) is 0.0985. The summed E-state index contributed by atoms with van der Waals surface area (Å²) < 4.78 is 0. The van der Waals surface area contributed by atoms with Crippen LogP contribution >= 0.6 is 0 Å².